The van der Waals surface area contributed by atoms with E-state index in [0.29, 0.717) is 0 Å². The van der Waals surface area contributed by atoms with Crippen LogP contribution in [0, 0.1) is 0 Å². The summed E-state index contributed by atoms with van der Waals surface area (Å²) in [5.74, 6) is 1.62. The molecule has 3 heteroatoms. The summed E-state index contributed by atoms with van der Waals surface area (Å²) >= 11 is 0. The fourth-order valence-electron chi connectivity index (χ4n) is 1.66. The van der Waals surface area contributed by atoms with Gasteiger partial charge < -0.3 is 14.9 Å². The molecule has 0 fully saturated rings. The van der Waals surface area contributed by atoms with Crippen molar-refractivity contribution in [3.63, 3.8) is 0 Å². The van der Waals surface area contributed by atoms with E-state index in [1.807, 2.05) is 50.2 Å². The maximum absolute atomic E-state index is 6.08. The Hall–Kier alpha value is -1.74. The molecular formula is C14H17NO2. The summed E-state index contributed by atoms with van der Waals surface area (Å²) in [4.78, 5) is 0. The standard InChI is InChI=1S/C14H17NO2/c1-10(2)17-12-7-5-11(6-8-12)14(15)13-4-3-9-16-13/h3-10,14H,15H2,1-2H3. The number of benzene rings is 1. The van der Waals surface area contributed by atoms with Crippen LogP contribution in [-0.2, 0) is 0 Å². The third-order valence-electron chi connectivity index (χ3n) is 2.46. The highest BCUT2D eigenvalue weighted by atomic mass is 16.5. The van der Waals surface area contributed by atoms with E-state index in [2.05, 4.69) is 0 Å². The van der Waals surface area contributed by atoms with Gasteiger partial charge in [-0.15, -0.1) is 0 Å². The molecular weight excluding hydrogens is 214 g/mol. The van der Waals surface area contributed by atoms with Gasteiger partial charge in [-0.25, -0.2) is 0 Å². The van der Waals surface area contributed by atoms with Crippen molar-refractivity contribution in [3.8, 4) is 5.75 Å². The molecule has 0 saturated heterocycles. The first-order valence-corrected chi connectivity index (χ1v) is 5.72. The van der Waals surface area contributed by atoms with Crippen LogP contribution in [0.3, 0.4) is 0 Å². The zero-order valence-electron chi connectivity index (χ0n) is 10.1. The second kappa shape index (κ2) is 5.06. The maximum Gasteiger partial charge on any atom is 0.124 e. The summed E-state index contributed by atoms with van der Waals surface area (Å²) in [7, 11) is 0. The predicted molar refractivity (Wildman–Crippen MR) is 66.9 cm³/mol. The largest absolute Gasteiger partial charge is 0.491 e. The van der Waals surface area contributed by atoms with Crippen molar-refractivity contribution >= 4 is 0 Å². The number of hydrogen-bond acceptors (Lipinski definition) is 3. The Balaban J connectivity index is 2.12. The van der Waals surface area contributed by atoms with E-state index in [4.69, 9.17) is 14.9 Å². The summed E-state index contributed by atoms with van der Waals surface area (Å²) in [5, 5.41) is 0. The van der Waals surface area contributed by atoms with Gasteiger partial charge in [0.1, 0.15) is 11.5 Å². The molecule has 1 atom stereocenters. The van der Waals surface area contributed by atoms with Crippen LogP contribution in [0.2, 0.25) is 0 Å². The van der Waals surface area contributed by atoms with E-state index >= 15 is 0 Å². The molecule has 1 heterocycles. The molecule has 1 aromatic heterocycles. The van der Waals surface area contributed by atoms with Crippen molar-refractivity contribution in [2.45, 2.75) is 26.0 Å². The molecule has 3 nitrogen and oxygen atoms in total. The molecule has 0 bridgehead atoms. The zero-order chi connectivity index (χ0) is 12.3. The lowest BCUT2D eigenvalue weighted by Gasteiger charge is -2.12. The van der Waals surface area contributed by atoms with Crippen LogP contribution >= 0.6 is 0 Å². The molecule has 0 radical (unpaired) electrons. The van der Waals surface area contributed by atoms with Crippen molar-refractivity contribution in [2.75, 3.05) is 0 Å². The van der Waals surface area contributed by atoms with E-state index in [9.17, 15) is 0 Å². The van der Waals surface area contributed by atoms with Gasteiger partial charge in [-0.3, -0.25) is 0 Å². The molecule has 2 N–H and O–H groups in total. The average Bonchev–Trinajstić information content (AvgIpc) is 2.82. The molecule has 17 heavy (non-hydrogen) atoms. The Morgan fingerprint density at radius 3 is 2.35 bits per heavy atom. The minimum atomic E-state index is -0.224. The monoisotopic (exact) mass is 231 g/mol. The second-order valence-electron chi connectivity index (χ2n) is 4.23. The highest BCUT2D eigenvalue weighted by Gasteiger charge is 2.11. The van der Waals surface area contributed by atoms with E-state index in [0.717, 1.165) is 17.1 Å². The summed E-state index contributed by atoms with van der Waals surface area (Å²) in [6, 6.07) is 11.3. The van der Waals surface area contributed by atoms with E-state index in [1.54, 1.807) is 6.26 Å². The van der Waals surface area contributed by atoms with Crippen LogP contribution < -0.4 is 10.5 Å². The van der Waals surface area contributed by atoms with Gasteiger partial charge in [0.2, 0.25) is 0 Å². The normalized spacial score (nSPS) is 12.7. The highest BCUT2D eigenvalue weighted by Crippen LogP contribution is 2.22. The number of rotatable bonds is 4. The van der Waals surface area contributed by atoms with Gasteiger partial charge >= 0.3 is 0 Å². The number of ether oxygens (including phenoxy) is 1. The van der Waals surface area contributed by atoms with Gasteiger partial charge in [0.05, 0.1) is 18.4 Å². The van der Waals surface area contributed by atoms with Gasteiger partial charge in [0.25, 0.3) is 0 Å². The fourth-order valence-corrected chi connectivity index (χ4v) is 1.66. The van der Waals surface area contributed by atoms with Crippen molar-refractivity contribution in [3.05, 3.63) is 54.0 Å². The highest BCUT2D eigenvalue weighted by molar-refractivity contribution is 5.32. The molecule has 2 rings (SSSR count). The average molecular weight is 231 g/mol. The van der Waals surface area contributed by atoms with Crippen molar-refractivity contribution in [1.82, 2.24) is 0 Å². The molecule has 0 spiro atoms. The van der Waals surface area contributed by atoms with Crippen LogP contribution in [0.5, 0.6) is 5.75 Å². The SMILES string of the molecule is CC(C)Oc1ccc(C(N)c2ccco2)cc1. The molecule has 90 valence electrons. The molecule has 1 unspecified atom stereocenters. The van der Waals surface area contributed by atoms with Crippen LogP contribution in [-0.4, -0.2) is 6.10 Å². The summed E-state index contributed by atoms with van der Waals surface area (Å²) < 4.78 is 10.9. The summed E-state index contributed by atoms with van der Waals surface area (Å²) in [5.41, 5.74) is 7.09. The Kier molecular flexibility index (Phi) is 3.49. The van der Waals surface area contributed by atoms with E-state index in [-0.39, 0.29) is 12.1 Å². The van der Waals surface area contributed by atoms with Crippen molar-refractivity contribution < 1.29 is 9.15 Å². The third-order valence-corrected chi connectivity index (χ3v) is 2.46. The molecule has 0 amide bonds. The predicted octanol–water partition coefficient (Wildman–Crippen LogP) is 3.11. The van der Waals surface area contributed by atoms with Gasteiger partial charge in [-0.2, -0.15) is 0 Å². The molecule has 0 aliphatic rings. The van der Waals surface area contributed by atoms with Gasteiger partial charge in [-0.05, 0) is 43.7 Å². The first-order chi connectivity index (χ1) is 8.16. The number of furan rings is 1. The summed E-state index contributed by atoms with van der Waals surface area (Å²) in [6.07, 6.45) is 1.81. The van der Waals surface area contributed by atoms with Gasteiger partial charge in [0.15, 0.2) is 0 Å². The maximum atomic E-state index is 6.08. The lowest BCUT2D eigenvalue weighted by atomic mass is 10.1. The Morgan fingerprint density at radius 2 is 1.82 bits per heavy atom. The van der Waals surface area contributed by atoms with Crippen LogP contribution in [0.15, 0.2) is 47.1 Å². The Labute approximate surface area is 101 Å². The Bertz CT molecular complexity index is 446. The molecule has 1 aromatic carbocycles. The fraction of sp³-hybridized carbons (Fsp3) is 0.286. The number of hydrogen-bond donors (Lipinski definition) is 1. The molecule has 0 aliphatic carbocycles. The lowest BCUT2D eigenvalue weighted by Crippen LogP contribution is -2.11. The number of nitrogens with two attached hydrogens (primary N) is 1. The van der Waals surface area contributed by atoms with E-state index < -0.39 is 0 Å². The third kappa shape index (κ3) is 2.88. The molecule has 0 saturated carbocycles. The smallest absolute Gasteiger partial charge is 0.124 e. The minimum Gasteiger partial charge on any atom is -0.491 e. The lowest BCUT2D eigenvalue weighted by molar-refractivity contribution is 0.242. The first kappa shape index (κ1) is 11.7. The summed E-state index contributed by atoms with van der Waals surface area (Å²) in [6.45, 7) is 4.00. The van der Waals surface area contributed by atoms with Crippen molar-refractivity contribution in [2.24, 2.45) is 5.73 Å². The molecule has 0 aliphatic heterocycles. The quantitative estimate of drug-likeness (QED) is 0.879. The van der Waals surface area contributed by atoms with Crippen LogP contribution in [0.4, 0.5) is 0 Å². The first-order valence-electron chi connectivity index (χ1n) is 5.72. The second-order valence-corrected chi connectivity index (χ2v) is 4.23. The Morgan fingerprint density at radius 1 is 1.12 bits per heavy atom. The topological polar surface area (TPSA) is 48.4 Å². The zero-order valence-corrected chi connectivity index (χ0v) is 10.1. The van der Waals surface area contributed by atoms with Crippen LogP contribution in [0.1, 0.15) is 31.2 Å². The van der Waals surface area contributed by atoms with Gasteiger partial charge in [0, 0.05) is 0 Å². The minimum absolute atomic E-state index is 0.180. The van der Waals surface area contributed by atoms with Gasteiger partial charge in [-0.1, -0.05) is 12.1 Å². The van der Waals surface area contributed by atoms with Crippen LogP contribution in [0.25, 0.3) is 0 Å². The molecule has 2 aromatic rings. The van der Waals surface area contributed by atoms with Crippen molar-refractivity contribution in [1.29, 1.82) is 0 Å². The van der Waals surface area contributed by atoms with E-state index in [1.165, 1.54) is 0 Å².